The molecule has 4 rings (SSSR count). The van der Waals surface area contributed by atoms with Gasteiger partial charge in [-0.1, -0.05) is 60.7 Å². The molecule has 6 heteroatoms. The number of amides is 4. The van der Waals surface area contributed by atoms with Crippen molar-refractivity contribution >= 4 is 23.5 Å². The third-order valence-corrected chi connectivity index (χ3v) is 4.99. The van der Waals surface area contributed by atoms with E-state index in [-0.39, 0.29) is 30.9 Å². The highest BCUT2D eigenvalue weighted by atomic mass is 16.2. The molecule has 0 atom stereocenters. The maximum Gasteiger partial charge on any atom is 0.322 e. The molecule has 0 saturated heterocycles. The van der Waals surface area contributed by atoms with E-state index in [2.05, 4.69) is 5.32 Å². The molecule has 1 N–H and O–H groups in total. The van der Waals surface area contributed by atoms with Crippen molar-refractivity contribution < 1.29 is 14.4 Å². The van der Waals surface area contributed by atoms with Crippen LogP contribution < -0.4 is 10.2 Å². The third kappa shape index (κ3) is 3.93. The quantitative estimate of drug-likeness (QED) is 0.643. The predicted octanol–water partition coefficient (Wildman–Crippen LogP) is 3.70. The van der Waals surface area contributed by atoms with Crippen LogP contribution in [0.15, 0.2) is 84.9 Å². The van der Waals surface area contributed by atoms with Gasteiger partial charge in [-0.3, -0.25) is 19.4 Å². The summed E-state index contributed by atoms with van der Waals surface area (Å²) in [6.45, 7) is 0.693. The summed E-state index contributed by atoms with van der Waals surface area (Å²) in [5.41, 5.74) is 2.57. The van der Waals surface area contributed by atoms with E-state index < -0.39 is 0 Å². The van der Waals surface area contributed by atoms with Crippen molar-refractivity contribution in [3.8, 4) is 0 Å². The number of rotatable bonds is 6. The SMILES string of the molecule is O=C1c2ccccc2C(=O)N1CCNC(=O)N(Cc1ccccc1)c1ccccc1. The molecule has 0 aliphatic carbocycles. The lowest BCUT2D eigenvalue weighted by Crippen LogP contribution is -2.44. The zero-order valence-corrected chi connectivity index (χ0v) is 16.3. The normalized spacial score (nSPS) is 12.6. The molecule has 1 heterocycles. The summed E-state index contributed by atoms with van der Waals surface area (Å²) in [5, 5.41) is 2.84. The largest absolute Gasteiger partial charge is 0.336 e. The Morgan fingerprint density at radius 1 is 0.767 bits per heavy atom. The van der Waals surface area contributed by atoms with Crippen molar-refractivity contribution in [1.82, 2.24) is 10.2 Å². The molecule has 4 amide bonds. The fraction of sp³-hybridized carbons (Fsp3) is 0.125. The van der Waals surface area contributed by atoms with Crippen molar-refractivity contribution in [2.75, 3.05) is 18.0 Å². The zero-order valence-electron chi connectivity index (χ0n) is 16.3. The number of carbonyl (C=O) groups excluding carboxylic acids is 3. The predicted molar refractivity (Wildman–Crippen MR) is 114 cm³/mol. The Balaban J connectivity index is 1.42. The summed E-state index contributed by atoms with van der Waals surface area (Å²) in [4.78, 5) is 40.7. The molecule has 0 saturated carbocycles. The average molecular weight is 399 g/mol. The molecule has 0 spiro atoms. The van der Waals surface area contributed by atoms with Crippen LogP contribution >= 0.6 is 0 Å². The first kappa shape index (κ1) is 19.4. The van der Waals surface area contributed by atoms with Gasteiger partial charge in [-0.25, -0.2) is 4.79 Å². The molecule has 3 aromatic carbocycles. The number of fused-ring (bicyclic) bond motifs is 1. The van der Waals surface area contributed by atoms with Crippen LogP contribution in [-0.4, -0.2) is 35.8 Å². The van der Waals surface area contributed by atoms with Gasteiger partial charge in [0.2, 0.25) is 0 Å². The molecule has 0 unspecified atom stereocenters. The highest BCUT2D eigenvalue weighted by molar-refractivity contribution is 6.21. The Bertz CT molecular complexity index is 1030. The highest BCUT2D eigenvalue weighted by Gasteiger charge is 2.34. The number of urea groups is 1. The number of imide groups is 1. The molecular formula is C24H21N3O3. The number of benzene rings is 3. The summed E-state index contributed by atoms with van der Waals surface area (Å²) in [6.07, 6.45) is 0. The molecule has 6 nitrogen and oxygen atoms in total. The number of nitrogens with one attached hydrogen (secondary N) is 1. The molecule has 30 heavy (non-hydrogen) atoms. The minimum atomic E-state index is -0.325. The van der Waals surface area contributed by atoms with Crippen LogP contribution in [0.4, 0.5) is 10.5 Å². The number of carbonyl (C=O) groups is 3. The van der Waals surface area contributed by atoms with E-state index in [0.29, 0.717) is 17.7 Å². The molecular weight excluding hydrogens is 378 g/mol. The van der Waals surface area contributed by atoms with Gasteiger partial charge in [0, 0.05) is 18.8 Å². The van der Waals surface area contributed by atoms with Gasteiger partial charge >= 0.3 is 6.03 Å². The van der Waals surface area contributed by atoms with Gasteiger partial charge in [-0.05, 0) is 29.8 Å². The van der Waals surface area contributed by atoms with Crippen LogP contribution in [-0.2, 0) is 6.54 Å². The summed E-state index contributed by atoms with van der Waals surface area (Å²) >= 11 is 0. The smallest absolute Gasteiger partial charge is 0.322 e. The van der Waals surface area contributed by atoms with Crippen LogP contribution in [0, 0.1) is 0 Å². The van der Waals surface area contributed by atoms with E-state index in [9.17, 15) is 14.4 Å². The summed E-state index contributed by atoms with van der Waals surface area (Å²) in [5.74, 6) is -0.650. The number of hydrogen-bond donors (Lipinski definition) is 1. The lowest BCUT2D eigenvalue weighted by Gasteiger charge is -2.24. The minimum Gasteiger partial charge on any atom is -0.336 e. The van der Waals surface area contributed by atoms with Crippen LogP contribution in [0.5, 0.6) is 0 Å². The van der Waals surface area contributed by atoms with Crippen molar-refractivity contribution in [2.24, 2.45) is 0 Å². The first-order valence-electron chi connectivity index (χ1n) is 9.75. The van der Waals surface area contributed by atoms with E-state index in [1.807, 2.05) is 60.7 Å². The van der Waals surface area contributed by atoms with E-state index in [4.69, 9.17) is 0 Å². The van der Waals surface area contributed by atoms with Gasteiger partial charge in [-0.15, -0.1) is 0 Å². The fourth-order valence-electron chi connectivity index (χ4n) is 3.47. The Hall–Kier alpha value is -3.93. The van der Waals surface area contributed by atoms with Gasteiger partial charge in [0.25, 0.3) is 11.8 Å². The average Bonchev–Trinajstić information content (AvgIpc) is 3.04. The van der Waals surface area contributed by atoms with Gasteiger partial charge in [0.1, 0.15) is 0 Å². The van der Waals surface area contributed by atoms with Gasteiger partial charge in [0.15, 0.2) is 0 Å². The lowest BCUT2D eigenvalue weighted by atomic mass is 10.1. The molecule has 1 aliphatic rings. The third-order valence-electron chi connectivity index (χ3n) is 4.99. The number of para-hydroxylation sites is 1. The Labute approximate surface area is 174 Å². The first-order chi connectivity index (χ1) is 14.6. The molecule has 0 fully saturated rings. The molecule has 1 aliphatic heterocycles. The van der Waals surface area contributed by atoms with Crippen LogP contribution in [0.2, 0.25) is 0 Å². The standard InChI is InChI=1S/C24H21N3O3/c28-22-20-13-7-8-14-21(20)23(29)26(22)16-15-25-24(30)27(19-11-5-2-6-12-19)17-18-9-3-1-4-10-18/h1-14H,15-17H2,(H,25,30). The molecule has 150 valence electrons. The van der Waals surface area contributed by atoms with Gasteiger partial charge in [-0.2, -0.15) is 0 Å². The second-order valence-electron chi connectivity index (χ2n) is 6.95. The van der Waals surface area contributed by atoms with Crippen LogP contribution in [0.3, 0.4) is 0 Å². The van der Waals surface area contributed by atoms with Crippen LogP contribution in [0.1, 0.15) is 26.3 Å². The Kier molecular flexibility index (Phi) is 5.57. The maximum absolute atomic E-state index is 12.9. The fourth-order valence-corrected chi connectivity index (χ4v) is 3.47. The first-order valence-corrected chi connectivity index (χ1v) is 9.75. The van der Waals surface area contributed by atoms with Crippen LogP contribution in [0.25, 0.3) is 0 Å². The summed E-state index contributed by atoms with van der Waals surface area (Å²) in [6, 6.07) is 25.5. The van der Waals surface area contributed by atoms with Gasteiger partial charge < -0.3 is 5.32 Å². The van der Waals surface area contributed by atoms with E-state index in [1.54, 1.807) is 29.2 Å². The molecule has 3 aromatic rings. The summed E-state index contributed by atoms with van der Waals surface area (Å²) < 4.78 is 0. The second-order valence-corrected chi connectivity index (χ2v) is 6.95. The molecule has 0 bridgehead atoms. The van der Waals surface area contributed by atoms with Crippen molar-refractivity contribution in [2.45, 2.75) is 6.54 Å². The van der Waals surface area contributed by atoms with Crippen molar-refractivity contribution in [1.29, 1.82) is 0 Å². The van der Waals surface area contributed by atoms with Gasteiger partial charge in [0.05, 0.1) is 17.7 Å². The zero-order chi connectivity index (χ0) is 20.9. The molecule has 0 aromatic heterocycles. The second kappa shape index (κ2) is 8.61. The maximum atomic E-state index is 12.9. The topological polar surface area (TPSA) is 69.7 Å². The Morgan fingerprint density at radius 2 is 1.30 bits per heavy atom. The Morgan fingerprint density at radius 3 is 1.90 bits per heavy atom. The van der Waals surface area contributed by atoms with E-state index >= 15 is 0 Å². The number of anilines is 1. The number of nitrogens with zero attached hydrogens (tertiary/aromatic N) is 2. The summed E-state index contributed by atoms with van der Waals surface area (Å²) in [7, 11) is 0. The van der Waals surface area contributed by atoms with E-state index in [0.717, 1.165) is 11.3 Å². The minimum absolute atomic E-state index is 0.117. The molecule has 0 radical (unpaired) electrons. The monoisotopic (exact) mass is 399 g/mol. The van der Waals surface area contributed by atoms with E-state index in [1.165, 1.54) is 4.90 Å². The lowest BCUT2D eigenvalue weighted by molar-refractivity contribution is 0.0656. The van der Waals surface area contributed by atoms with Crippen molar-refractivity contribution in [3.05, 3.63) is 102 Å². The highest BCUT2D eigenvalue weighted by Crippen LogP contribution is 2.22. The van der Waals surface area contributed by atoms with Crippen molar-refractivity contribution in [3.63, 3.8) is 0 Å². The number of hydrogen-bond acceptors (Lipinski definition) is 3.